The van der Waals surface area contributed by atoms with E-state index in [0.717, 1.165) is 0 Å². The first-order valence-electron chi connectivity index (χ1n) is 5.01. The number of halogens is 1. The zero-order valence-electron chi connectivity index (χ0n) is 8.85. The number of rotatable bonds is 3. The van der Waals surface area contributed by atoms with Gasteiger partial charge in [0.2, 0.25) is 0 Å². The predicted octanol–water partition coefficient (Wildman–Crippen LogP) is 3.27. The molecule has 0 spiro atoms. The van der Waals surface area contributed by atoms with E-state index < -0.39 is 5.97 Å². The van der Waals surface area contributed by atoms with Crippen molar-refractivity contribution < 1.29 is 14.3 Å². The van der Waals surface area contributed by atoms with Crippen molar-refractivity contribution in [3.05, 3.63) is 59.9 Å². The van der Waals surface area contributed by atoms with Crippen LogP contribution in [0.1, 0.15) is 10.4 Å². The minimum absolute atomic E-state index is 0.206. The quantitative estimate of drug-likeness (QED) is 0.852. The van der Waals surface area contributed by atoms with Gasteiger partial charge in [0.25, 0.3) is 0 Å². The Balaban J connectivity index is 2.21. The number of carbonyl (C=O) groups is 1. The predicted molar refractivity (Wildman–Crippen MR) is 63.1 cm³/mol. The molecule has 17 heavy (non-hydrogen) atoms. The topological polar surface area (TPSA) is 49.3 Å². The van der Waals surface area contributed by atoms with Gasteiger partial charge in [0, 0.05) is 11.4 Å². The van der Waals surface area contributed by atoms with Crippen LogP contribution in [0.2, 0.25) is 0 Å². The van der Waals surface area contributed by atoms with Crippen molar-refractivity contribution in [2.24, 2.45) is 0 Å². The first-order valence-corrected chi connectivity index (χ1v) is 5.01. The molecule has 0 bridgehead atoms. The highest BCUT2D eigenvalue weighted by Gasteiger charge is 2.03. The van der Waals surface area contributed by atoms with Crippen LogP contribution in [0.5, 0.6) is 0 Å². The Bertz CT molecular complexity index is 537. The van der Waals surface area contributed by atoms with Gasteiger partial charge in [-0.2, -0.15) is 0 Å². The molecule has 86 valence electrons. The number of carboxylic acid groups (broad SMARTS) is 1. The second kappa shape index (κ2) is 4.65. The highest BCUT2D eigenvalue weighted by molar-refractivity contribution is 5.89. The van der Waals surface area contributed by atoms with Crippen LogP contribution in [-0.4, -0.2) is 11.1 Å². The van der Waals surface area contributed by atoms with Crippen molar-refractivity contribution in [2.45, 2.75) is 0 Å². The molecule has 0 radical (unpaired) electrons. The van der Waals surface area contributed by atoms with Crippen LogP contribution in [0.25, 0.3) is 0 Å². The maximum Gasteiger partial charge on any atom is 0.335 e. The average Bonchev–Trinajstić information content (AvgIpc) is 2.32. The summed E-state index contributed by atoms with van der Waals surface area (Å²) in [6.07, 6.45) is 0. The Morgan fingerprint density at radius 2 is 1.76 bits per heavy atom. The summed E-state index contributed by atoms with van der Waals surface area (Å²) in [6.45, 7) is 0. The molecule has 0 fully saturated rings. The Morgan fingerprint density at radius 3 is 2.41 bits per heavy atom. The molecular formula is C13H10FNO2. The molecule has 0 heterocycles. The van der Waals surface area contributed by atoms with Gasteiger partial charge in [-0.25, -0.2) is 9.18 Å². The molecule has 0 aliphatic carbocycles. The van der Waals surface area contributed by atoms with Crippen molar-refractivity contribution >= 4 is 17.3 Å². The van der Waals surface area contributed by atoms with Gasteiger partial charge < -0.3 is 10.4 Å². The molecule has 0 aliphatic heterocycles. The van der Waals surface area contributed by atoms with Gasteiger partial charge in [0.15, 0.2) is 0 Å². The zero-order chi connectivity index (χ0) is 12.3. The highest BCUT2D eigenvalue weighted by atomic mass is 19.1. The summed E-state index contributed by atoms with van der Waals surface area (Å²) in [7, 11) is 0. The van der Waals surface area contributed by atoms with Gasteiger partial charge in [0.1, 0.15) is 5.82 Å². The molecule has 0 aliphatic rings. The number of aromatic carboxylic acids is 1. The van der Waals surface area contributed by atoms with Crippen molar-refractivity contribution in [1.82, 2.24) is 0 Å². The molecule has 2 aromatic rings. The van der Waals surface area contributed by atoms with E-state index in [4.69, 9.17) is 5.11 Å². The molecule has 0 amide bonds. The molecule has 2 rings (SSSR count). The molecule has 0 aromatic heterocycles. The Morgan fingerprint density at radius 1 is 1.06 bits per heavy atom. The molecule has 0 atom stereocenters. The van der Waals surface area contributed by atoms with E-state index in [1.165, 1.54) is 24.3 Å². The number of hydrogen-bond acceptors (Lipinski definition) is 2. The van der Waals surface area contributed by atoms with Crippen LogP contribution in [0, 0.1) is 5.82 Å². The second-order valence-electron chi connectivity index (χ2n) is 3.52. The summed E-state index contributed by atoms with van der Waals surface area (Å²) in [5, 5.41) is 11.8. The summed E-state index contributed by atoms with van der Waals surface area (Å²) < 4.78 is 12.7. The number of nitrogens with one attached hydrogen (secondary N) is 1. The first kappa shape index (κ1) is 11.1. The number of benzene rings is 2. The van der Waals surface area contributed by atoms with Crippen molar-refractivity contribution in [2.75, 3.05) is 5.32 Å². The van der Waals surface area contributed by atoms with Gasteiger partial charge in [-0.1, -0.05) is 6.07 Å². The van der Waals surface area contributed by atoms with Crippen molar-refractivity contribution in [3.63, 3.8) is 0 Å². The third-order valence-corrected chi connectivity index (χ3v) is 2.24. The van der Waals surface area contributed by atoms with Gasteiger partial charge >= 0.3 is 5.97 Å². The summed E-state index contributed by atoms with van der Waals surface area (Å²) in [5.74, 6) is -1.29. The van der Waals surface area contributed by atoms with E-state index in [-0.39, 0.29) is 11.4 Å². The van der Waals surface area contributed by atoms with E-state index in [1.54, 1.807) is 24.3 Å². The maximum absolute atomic E-state index is 12.7. The lowest BCUT2D eigenvalue weighted by atomic mass is 10.2. The van der Waals surface area contributed by atoms with E-state index in [2.05, 4.69) is 5.32 Å². The third-order valence-electron chi connectivity index (χ3n) is 2.24. The lowest BCUT2D eigenvalue weighted by molar-refractivity contribution is 0.0697. The SMILES string of the molecule is O=C(O)c1cccc(Nc2ccc(F)cc2)c1. The van der Waals surface area contributed by atoms with E-state index in [1.807, 2.05) is 0 Å². The Hall–Kier alpha value is -2.36. The molecule has 0 saturated carbocycles. The molecule has 2 aromatic carbocycles. The van der Waals surface area contributed by atoms with Gasteiger partial charge in [-0.15, -0.1) is 0 Å². The van der Waals surface area contributed by atoms with Crippen molar-refractivity contribution in [3.8, 4) is 0 Å². The van der Waals surface area contributed by atoms with E-state index in [0.29, 0.717) is 11.4 Å². The fraction of sp³-hybridized carbons (Fsp3) is 0. The molecule has 2 N–H and O–H groups in total. The van der Waals surface area contributed by atoms with Gasteiger partial charge in [-0.05, 0) is 42.5 Å². The molecular weight excluding hydrogens is 221 g/mol. The van der Waals surface area contributed by atoms with Crippen LogP contribution in [-0.2, 0) is 0 Å². The normalized spacial score (nSPS) is 9.94. The lowest BCUT2D eigenvalue weighted by Gasteiger charge is -2.06. The largest absolute Gasteiger partial charge is 0.478 e. The third kappa shape index (κ3) is 2.81. The van der Waals surface area contributed by atoms with Crippen LogP contribution >= 0.6 is 0 Å². The van der Waals surface area contributed by atoms with Crippen LogP contribution in [0.4, 0.5) is 15.8 Å². The fourth-order valence-corrected chi connectivity index (χ4v) is 1.43. The summed E-state index contributed by atoms with van der Waals surface area (Å²) in [4.78, 5) is 10.8. The molecule has 0 saturated heterocycles. The summed E-state index contributed by atoms with van der Waals surface area (Å²) in [6, 6.07) is 12.3. The summed E-state index contributed by atoms with van der Waals surface area (Å²) in [5.41, 5.74) is 1.56. The summed E-state index contributed by atoms with van der Waals surface area (Å²) >= 11 is 0. The zero-order valence-corrected chi connectivity index (χ0v) is 8.85. The van der Waals surface area contributed by atoms with Crippen molar-refractivity contribution in [1.29, 1.82) is 0 Å². The Labute approximate surface area is 97.5 Å². The minimum atomic E-state index is -0.979. The molecule has 0 unspecified atom stereocenters. The lowest BCUT2D eigenvalue weighted by Crippen LogP contribution is -1.97. The monoisotopic (exact) mass is 231 g/mol. The number of anilines is 2. The van der Waals surface area contributed by atoms with Crippen LogP contribution < -0.4 is 5.32 Å². The van der Waals surface area contributed by atoms with E-state index >= 15 is 0 Å². The maximum atomic E-state index is 12.7. The van der Waals surface area contributed by atoms with Gasteiger partial charge in [0.05, 0.1) is 5.56 Å². The number of hydrogen-bond donors (Lipinski definition) is 2. The van der Waals surface area contributed by atoms with E-state index in [9.17, 15) is 9.18 Å². The first-order chi connectivity index (χ1) is 8.15. The molecule has 4 heteroatoms. The second-order valence-corrected chi connectivity index (χ2v) is 3.52. The van der Waals surface area contributed by atoms with Crippen LogP contribution in [0.3, 0.4) is 0 Å². The number of carboxylic acids is 1. The smallest absolute Gasteiger partial charge is 0.335 e. The highest BCUT2D eigenvalue weighted by Crippen LogP contribution is 2.17. The average molecular weight is 231 g/mol. The fourth-order valence-electron chi connectivity index (χ4n) is 1.43. The molecule has 3 nitrogen and oxygen atoms in total. The van der Waals surface area contributed by atoms with Gasteiger partial charge in [-0.3, -0.25) is 0 Å². The van der Waals surface area contributed by atoms with Crippen LogP contribution in [0.15, 0.2) is 48.5 Å². The minimum Gasteiger partial charge on any atom is -0.478 e. The Kier molecular flexibility index (Phi) is 3.05. The standard InChI is InChI=1S/C13H10FNO2/c14-10-4-6-11(7-5-10)15-12-3-1-2-9(8-12)13(16)17/h1-8,15H,(H,16,17).